The first kappa shape index (κ1) is 40.8. The van der Waals surface area contributed by atoms with Gasteiger partial charge < -0.3 is 18.6 Å². The topological polar surface area (TPSA) is 28.3 Å². The average Bonchev–Trinajstić information content (AvgIpc) is 3.97. The number of benzene rings is 11. The standard InChI is InChI=1S/C66H43BN2O2Si/c1-4-21-47(22-5-1)72(48-23-6-2-7-24-48,49-25-8-3-9-26-49)50-27-18-20-44(40-50)54-42-46(43-64-65(54)67-56-31-13-17-35-61(56)70-62-36-19-37-63(71-64)66(62)67)69-59-34-16-12-30-53(59)55-41-45(38-39-60(55)69)68-57-32-14-10-28-51(57)52-29-11-15-33-58(52)68/h1-43H. The second kappa shape index (κ2) is 16.0. The second-order valence-electron chi connectivity index (χ2n) is 19.1. The minimum Gasteiger partial charge on any atom is -0.458 e. The van der Waals surface area contributed by atoms with Gasteiger partial charge in [0.1, 0.15) is 23.0 Å². The van der Waals surface area contributed by atoms with E-state index in [1.807, 2.05) is 6.07 Å². The summed E-state index contributed by atoms with van der Waals surface area (Å²) in [5, 5.41) is 10.2. The monoisotopic (exact) mass is 934 g/mol. The Labute approximate surface area is 418 Å². The largest absolute Gasteiger partial charge is 0.458 e. The smallest absolute Gasteiger partial charge is 0.261 e. The molecule has 0 unspecified atom stereocenters. The Balaban J connectivity index is 1.01. The summed E-state index contributed by atoms with van der Waals surface area (Å²) in [5.74, 6) is 3.35. The molecular weight excluding hydrogens is 892 g/mol. The van der Waals surface area contributed by atoms with E-state index < -0.39 is 8.07 Å². The molecule has 72 heavy (non-hydrogen) atoms. The average molecular weight is 935 g/mol. The fourth-order valence-corrected chi connectivity index (χ4v) is 17.2. The van der Waals surface area contributed by atoms with E-state index in [4.69, 9.17) is 9.47 Å². The zero-order chi connectivity index (χ0) is 47.3. The highest BCUT2D eigenvalue weighted by atomic mass is 28.3. The first-order valence-corrected chi connectivity index (χ1v) is 26.8. The summed E-state index contributed by atoms with van der Waals surface area (Å²) in [6.07, 6.45) is 0. The van der Waals surface area contributed by atoms with Gasteiger partial charge in [0.25, 0.3) is 6.71 Å². The molecule has 0 saturated heterocycles. The number of nitrogens with zero attached hydrogens (tertiary/aromatic N) is 2. The number of aromatic nitrogens is 2. The van der Waals surface area contributed by atoms with Gasteiger partial charge in [-0.2, -0.15) is 0 Å². The van der Waals surface area contributed by atoms with Crippen molar-refractivity contribution < 1.29 is 9.47 Å². The third-order valence-corrected chi connectivity index (χ3v) is 20.2. The van der Waals surface area contributed by atoms with E-state index in [0.717, 1.165) is 72.9 Å². The normalized spacial score (nSPS) is 12.6. The van der Waals surface area contributed by atoms with Crippen LogP contribution in [0.5, 0.6) is 23.0 Å². The van der Waals surface area contributed by atoms with E-state index in [0.29, 0.717) is 0 Å². The van der Waals surface area contributed by atoms with Crippen molar-refractivity contribution in [1.82, 2.24) is 9.13 Å². The summed E-state index contributed by atoms with van der Waals surface area (Å²) in [6.45, 7) is -0.135. The molecule has 2 aromatic heterocycles. The van der Waals surface area contributed by atoms with E-state index in [-0.39, 0.29) is 6.71 Å². The third kappa shape index (κ3) is 5.93. The summed E-state index contributed by atoms with van der Waals surface area (Å²) in [6, 6.07) is 95.7. The highest BCUT2D eigenvalue weighted by Gasteiger charge is 2.44. The van der Waals surface area contributed by atoms with Gasteiger partial charge in [0.2, 0.25) is 0 Å². The minimum atomic E-state index is -2.90. The number of hydrogen-bond acceptors (Lipinski definition) is 2. The lowest BCUT2D eigenvalue weighted by atomic mass is 9.34. The van der Waals surface area contributed by atoms with Crippen LogP contribution in [0, 0.1) is 0 Å². The maximum absolute atomic E-state index is 7.23. The van der Waals surface area contributed by atoms with Crippen molar-refractivity contribution in [3.63, 3.8) is 0 Å². The lowest BCUT2D eigenvalue weighted by Crippen LogP contribution is -2.74. The molecule has 4 heterocycles. The second-order valence-corrected chi connectivity index (χ2v) is 22.9. The van der Waals surface area contributed by atoms with Crippen LogP contribution in [0.25, 0.3) is 66.1 Å². The molecule has 0 radical (unpaired) electrons. The van der Waals surface area contributed by atoms with Crippen molar-refractivity contribution in [3.8, 4) is 45.5 Å². The highest BCUT2D eigenvalue weighted by molar-refractivity contribution is 7.20. The fourth-order valence-electron chi connectivity index (χ4n) is 12.4. The molecule has 0 saturated carbocycles. The first-order valence-electron chi connectivity index (χ1n) is 24.8. The van der Waals surface area contributed by atoms with Gasteiger partial charge in [-0.15, -0.1) is 0 Å². The van der Waals surface area contributed by atoms with Crippen LogP contribution in [0.15, 0.2) is 261 Å². The molecule has 0 N–H and O–H groups in total. The van der Waals surface area contributed by atoms with Gasteiger partial charge in [-0.05, 0) is 103 Å². The number of fused-ring (bicyclic) bond motifs is 10. The molecule has 0 bridgehead atoms. The maximum atomic E-state index is 7.23. The summed E-state index contributed by atoms with van der Waals surface area (Å²) < 4.78 is 18.8. The summed E-state index contributed by atoms with van der Waals surface area (Å²) in [7, 11) is -2.90. The molecule has 0 amide bonds. The Morgan fingerprint density at radius 2 is 0.778 bits per heavy atom. The predicted octanol–water partition coefficient (Wildman–Crippen LogP) is 11.7. The molecule has 336 valence electrons. The molecule has 6 heteroatoms. The molecule has 0 aliphatic carbocycles. The molecule has 2 aliphatic heterocycles. The van der Waals surface area contributed by atoms with Crippen molar-refractivity contribution in [2.24, 2.45) is 0 Å². The van der Waals surface area contributed by atoms with Gasteiger partial charge >= 0.3 is 0 Å². The highest BCUT2D eigenvalue weighted by Crippen LogP contribution is 2.41. The SMILES string of the molecule is c1ccc([Si](c2ccccc2)(c2ccccc2)c2cccc(-c3cc(-n4c5ccccc5c5cc(-n6c7ccccc7c7ccccc76)ccc54)cc4c3B3c5ccccc5Oc5cccc(c53)O4)c2)cc1. The molecule has 13 aromatic rings. The lowest BCUT2D eigenvalue weighted by molar-refractivity contribution is 0.464. The van der Waals surface area contributed by atoms with Gasteiger partial charge in [-0.25, -0.2) is 0 Å². The summed E-state index contributed by atoms with van der Waals surface area (Å²) in [4.78, 5) is 0. The van der Waals surface area contributed by atoms with Crippen LogP contribution in [0.3, 0.4) is 0 Å². The minimum absolute atomic E-state index is 0.135. The molecule has 11 aromatic carbocycles. The zero-order valence-corrected chi connectivity index (χ0v) is 40.1. The van der Waals surface area contributed by atoms with E-state index in [1.165, 1.54) is 53.3 Å². The Hall–Kier alpha value is -9.10. The molecule has 2 aliphatic rings. The lowest BCUT2D eigenvalue weighted by Gasteiger charge is -2.36. The van der Waals surface area contributed by atoms with Crippen molar-refractivity contribution in [1.29, 1.82) is 0 Å². The Morgan fingerprint density at radius 1 is 0.306 bits per heavy atom. The molecule has 0 fully saturated rings. The molecule has 4 nitrogen and oxygen atoms in total. The molecule has 15 rings (SSSR count). The fraction of sp³-hybridized carbons (Fsp3) is 0. The van der Waals surface area contributed by atoms with Gasteiger partial charge in [0.15, 0.2) is 8.07 Å². The van der Waals surface area contributed by atoms with Gasteiger partial charge in [-0.1, -0.05) is 194 Å². The maximum Gasteiger partial charge on any atom is 0.261 e. The van der Waals surface area contributed by atoms with Crippen molar-refractivity contribution in [2.75, 3.05) is 0 Å². The van der Waals surface area contributed by atoms with Gasteiger partial charge in [0, 0.05) is 38.8 Å². The predicted molar refractivity (Wildman–Crippen MR) is 302 cm³/mol. The van der Waals surface area contributed by atoms with Crippen LogP contribution in [-0.4, -0.2) is 23.9 Å². The van der Waals surface area contributed by atoms with Crippen LogP contribution < -0.4 is 46.6 Å². The Morgan fingerprint density at radius 3 is 1.40 bits per heavy atom. The molecular formula is C66H43BN2O2Si. The van der Waals surface area contributed by atoms with Gasteiger partial charge in [0.05, 0.1) is 27.8 Å². The van der Waals surface area contributed by atoms with E-state index in [2.05, 4.69) is 264 Å². The zero-order valence-electron chi connectivity index (χ0n) is 39.1. The van der Waals surface area contributed by atoms with Crippen LogP contribution in [0.1, 0.15) is 0 Å². The van der Waals surface area contributed by atoms with Crippen molar-refractivity contribution in [2.45, 2.75) is 0 Å². The number of para-hydroxylation sites is 4. The number of rotatable bonds is 7. The quantitative estimate of drug-likeness (QED) is 0.118. The van der Waals surface area contributed by atoms with Crippen LogP contribution in [0.4, 0.5) is 0 Å². The molecule has 0 atom stereocenters. The van der Waals surface area contributed by atoms with Crippen LogP contribution in [0.2, 0.25) is 0 Å². The first-order chi connectivity index (χ1) is 35.7. The Kier molecular flexibility index (Phi) is 9.04. The van der Waals surface area contributed by atoms with Crippen LogP contribution in [-0.2, 0) is 0 Å². The molecule has 0 spiro atoms. The number of hydrogen-bond donors (Lipinski definition) is 0. The van der Waals surface area contributed by atoms with E-state index in [1.54, 1.807) is 0 Å². The van der Waals surface area contributed by atoms with Gasteiger partial charge in [-0.3, -0.25) is 0 Å². The van der Waals surface area contributed by atoms with E-state index in [9.17, 15) is 0 Å². The number of ether oxygens (including phenoxy) is 2. The summed E-state index contributed by atoms with van der Waals surface area (Å²) in [5.41, 5.74) is 12.4. The van der Waals surface area contributed by atoms with Crippen molar-refractivity contribution in [3.05, 3.63) is 261 Å². The van der Waals surface area contributed by atoms with Crippen molar-refractivity contribution >= 4 is 95.5 Å². The van der Waals surface area contributed by atoms with Crippen LogP contribution >= 0.6 is 0 Å². The Bertz CT molecular complexity index is 4150. The third-order valence-electron chi connectivity index (χ3n) is 15.4. The summed E-state index contributed by atoms with van der Waals surface area (Å²) >= 11 is 0. The van der Waals surface area contributed by atoms with E-state index >= 15 is 0 Å².